The summed E-state index contributed by atoms with van der Waals surface area (Å²) in [5.74, 6) is 1.08. The molecule has 20 heavy (non-hydrogen) atoms. The smallest absolute Gasteiger partial charge is 0.274 e. The average molecular weight is 298 g/mol. The minimum atomic E-state index is -0.0598. The molecule has 4 nitrogen and oxygen atoms in total. The van der Waals surface area contributed by atoms with Crippen molar-refractivity contribution < 1.29 is 4.79 Å². The summed E-state index contributed by atoms with van der Waals surface area (Å²) in [4.78, 5) is 22.3. The first kappa shape index (κ1) is 16.9. The van der Waals surface area contributed by atoms with Crippen LogP contribution < -0.4 is 0 Å². The van der Waals surface area contributed by atoms with Crippen molar-refractivity contribution in [2.24, 2.45) is 11.8 Å². The summed E-state index contributed by atoms with van der Waals surface area (Å²) in [5.41, 5.74) is 0.363. The number of rotatable bonds is 7. The Hall–Kier alpha value is -1.16. The molecule has 0 aromatic carbocycles. The van der Waals surface area contributed by atoms with Gasteiger partial charge in [-0.3, -0.25) is 4.79 Å². The molecule has 0 aliphatic heterocycles. The molecular formula is C15H24ClN3O. The largest absolute Gasteiger partial charge is 0.337 e. The highest BCUT2D eigenvalue weighted by Gasteiger charge is 2.17. The molecule has 0 N–H and O–H groups in total. The highest BCUT2D eigenvalue weighted by molar-refractivity contribution is 6.29. The van der Waals surface area contributed by atoms with Gasteiger partial charge in [0, 0.05) is 13.1 Å². The molecule has 1 aromatic heterocycles. The van der Waals surface area contributed by atoms with Crippen LogP contribution >= 0.6 is 11.6 Å². The van der Waals surface area contributed by atoms with Gasteiger partial charge in [-0.05, 0) is 24.7 Å². The van der Waals surface area contributed by atoms with Gasteiger partial charge < -0.3 is 4.90 Å². The molecule has 0 radical (unpaired) electrons. The summed E-state index contributed by atoms with van der Waals surface area (Å²) in [6, 6.07) is 0. The van der Waals surface area contributed by atoms with Crippen molar-refractivity contribution in [2.75, 3.05) is 13.1 Å². The lowest BCUT2D eigenvalue weighted by Gasteiger charge is -2.24. The van der Waals surface area contributed by atoms with E-state index in [1.54, 1.807) is 0 Å². The minimum absolute atomic E-state index is 0.0598. The second-order valence-electron chi connectivity index (χ2n) is 5.88. The van der Waals surface area contributed by atoms with Crippen LogP contribution in [0.4, 0.5) is 0 Å². The standard InChI is InChI=1S/C15H24ClN3O/c1-11(2)5-7-19(8-6-12(3)4)15(20)13-9-18-14(16)10-17-13/h9-12H,5-8H2,1-4H3. The molecule has 0 bridgehead atoms. The van der Waals surface area contributed by atoms with Crippen molar-refractivity contribution in [3.05, 3.63) is 23.2 Å². The number of halogens is 1. The zero-order valence-electron chi connectivity index (χ0n) is 12.8. The lowest BCUT2D eigenvalue weighted by molar-refractivity contribution is 0.0734. The molecule has 1 aromatic rings. The second kappa shape index (κ2) is 8.20. The fourth-order valence-corrected chi connectivity index (χ4v) is 1.83. The van der Waals surface area contributed by atoms with Crippen molar-refractivity contribution in [3.8, 4) is 0 Å². The van der Waals surface area contributed by atoms with Gasteiger partial charge in [0.05, 0.1) is 12.4 Å². The van der Waals surface area contributed by atoms with E-state index in [1.165, 1.54) is 12.4 Å². The molecule has 0 fully saturated rings. The van der Waals surface area contributed by atoms with Crippen LogP contribution in [0.1, 0.15) is 51.0 Å². The Labute approximate surface area is 126 Å². The molecule has 0 saturated carbocycles. The highest BCUT2D eigenvalue weighted by Crippen LogP contribution is 2.10. The fraction of sp³-hybridized carbons (Fsp3) is 0.667. The Kier molecular flexibility index (Phi) is 6.93. The van der Waals surface area contributed by atoms with Crippen LogP contribution in [0.25, 0.3) is 0 Å². The van der Waals surface area contributed by atoms with Crippen LogP contribution in [0.3, 0.4) is 0 Å². The van der Waals surface area contributed by atoms with Gasteiger partial charge in [-0.1, -0.05) is 39.3 Å². The Balaban J connectivity index is 2.74. The maximum Gasteiger partial charge on any atom is 0.274 e. The van der Waals surface area contributed by atoms with Crippen LogP contribution in [0.15, 0.2) is 12.4 Å². The summed E-state index contributed by atoms with van der Waals surface area (Å²) < 4.78 is 0. The van der Waals surface area contributed by atoms with E-state index >= 15 is 0 Å². The van der Waals surface area contributed by atoms with E-state index in [0.29, 0.717) is 22.7 Å². The lowest BCUT2D eigenvalue weighted by Crippen LogP contribution is -2.34. The third-order valence-electron chi connectivity index (χ3n) is 3.08. The van der Waals surface area contributed by atoms with E-state index in [1.807, 2.05) is 4.90 Å². The van der Waals surface area contributed by atoms with E-state index < -0.39 is 0 Å². The van der Waals surface area contributed by atoms with Gasteiger partial charge in [0.1, 0.15) is 10.8 Å². The number of carbonyl (C=O) groups is 1. The van der Waals surface area contributed by atoms with E-state index in [0.717, 1.165) is 25.9 Å². The molecule has 0 aliphatic carbocycles. The fourth-order valence-electron chi connectivity index (χ4n) is 1.73. The number of nitrogens with zero attached hydrogens (tertiary/aromatic N) is 3. The molecule has 0 saturated heterocycles. The number of hydrogen-bond acceptors (Lipinski definition) is 3. The summed E-state index contributed by atoms with van der Waals surface area (Å²) in [5, 5.41) is 0.303. The molecule has 1 heterocycles. The van der Waals surface area contributed by atoms with Crippen molar-refractivity contribution in [3.63, 3.8) is 0 Å². The maximum atomic E-state index is 12.5. The second-order valence-corrected chi connectivity index (χ2v) is 6.27. The SMILES string of the molecule is CC(C)CCN(CCC(C)C)C(=O)c1cnc(Cl)cn1. The highest BCUT2D eigenvalue weighted by atomic mass is 35.5. The third-order valence-corrected chi connectivity index (χ3v) is 3.27. The van der Waals surface area contributed by atoms with Crippen LogP contribution in [-0.4, -0.2) is 33.9 Å². The first-order valence-corrected chi connectivity index (χ1v) is 7.54. The van der Waals surface area contributed by atoms with Crippen LogP contribution in [0.2, 0.25) is 5.15 Å². The Morgan fingerprint density at radius 1 is 1.10 bits per heavy atom. The molecular weight excluding hydrogens is 274 g/mol. The quantitative estimate of drug-likeness (QED) is 0.771. The monoisotopic (exact) mass is 297 g/mol. The van der Waals surface area contributed by atoms with Crippen molar-refractivity contribution in [1.29, 1.82) is 0 Å². The zero-order valence-corrected chi connectivity index (χ0v) is 13.5. The number of aromatic nitrogens is 2. The van der Waals surface area contributed by atoms with Crippen molar-refractivity contribution in [2.45, 2.75) is 40.5 Å². The van der Waals surface area contributed by atoms with Gasteiger partial charge in [0.2, 0.25) is 0 Å². The van der Waals surface area contributed by atoms with Crippen LogP contribution in [0, 0.1) is 11.8 Å². The molecule has 0 aliphatic rings. The average Bonchev–Trinajstić information content (AvgIpc) is 2.38. The first-order valence-electron chi connectivity index (χ1n) is 7.17. The Morgan fingerprint density at radius 2 is 1.65 bits per heavy atom. The Morgan fingerprint density at radius 3 is 2.05 bits per heavy atom. The number of carbonyl (C=O) groups excluding carboxylic acids is 1. The van der Waals surface area contributed by atoms with E-state index in [-0.39, 0.29) is 5.91 Å². The zero-order chi connectivity index (χ0) is 15.1. The van der Waals surface area contributed by atoms with E-state index in [4.69, 9.17) is 11.6 Å². The number of amides is 1. The van der Waals surface area contributed by atoms with Gasteiger partial charge in [-0.25, -0.2) is 9.97 Å². The molecule has 5 heteroatoms. The summed E-state index contributed by atoms with van der Waals surface area (Å²) in [6.07, 6.45) is 4.84. The van der Waals surface area contributed by atoms with Gasteiger partial charge in [-0.2, -0.15) is 0 Å². The van der Waals surface area contributed by atoms with Crippen LogP contribution in [-0.2, 0) is 0 Å². The van der Waals surface area contributed by atoms with E-state index in [9.17, 15) is 4.79 Å². The van der Waals surface area contributed by atoms with E-state index in [2.05, 4.69) is 37.7 Å². The minimum Gasteiger partial charge on any atom is -0.337 e. The normalized spacial score (nSPS) is 11.2. The lowest BCUT2D eigenvalue weighted by atomic mass is 10.1. The van der Waals surface area contributed by atoms with Gasteiger partial charge in [0.25, 0.3) is 5.91 Å². The summed E-state index contributed by atoms with van der Waals surface area (Å²) in [6.45, 7) is 10.2. The third kappa shape index (κ3) is 5.87. The molecule has 0 unspecified atom stereocenters. The maximum absolute atomic E-state index is 12.5. The topological polar surface area (TPSA) is 46.1 Å². The molecule has 0 spiro atoms. The predicted molar refractivity (Wildman–Crippen MR) is 81.9 cm³/mol. The number of hydrogen-bond donors (Lipinski definition) is 0. The van der Waals surface area contributed by atoms with Crippen molar-refractivity contribution in [1.82, 2.24) is 14.9 Å². The van der Waals surface area contributed by atoms with Gasteiger partial charge in [-0.15, -0.1) is 0 Å². The van der Waals surface area contributed by atoms with Crippen molar-refractivity contribution >= 4 is 17.5 Å². The van der Waals surface area contributed by atoms with Gasteiger partial charge >= 0.3 is 0 Å². The Bertz CT molecular complexity index is 406. The van der Waals surface area contributed by atoms with Gasteiger partial charge in [0.15, 0.2) is 0 Å². The first-order chi connectivity index (χ1) is 9.40. The van der Waals surface area contributed by atoms with Crippen LogP contribution in [0.5, 0.6) is 0 Å². The summed E-state index contributed by atoms with van der Waals surface area (Å²) >= 11 is 5.70. The molecule has 0 atom stereocenters. The molecule has 1 rings (SSSR count). The molecule has 1 amide bonds. The molecule has 112 valence electrons. The predicted octanol–water partition coefficient (Wildman–Crippen LogP) is 3.66. The summed E-state index contributed by atoms with van der Waals surface area (Å²) in [7, 11) is 0.